The van der Waals surface area contributed by atoms with Gasteiger partial charge in [-0.05, 0) is 24.6 Å². The average molecular weight is 253 g/mol. The van der Waals surface area contributed by atoms with Crippen LogP contribution in [0.15, 0.2) is 12.1 Å². The molecule has 98 valence electrons. The lowest BCUT2D eigenvalue weighted by Gasteiger charge is -2.10. The van der Waals surface area contributed by atoms with Gasteiger partial charge in [0.2, 0.25) is 0 Å². The molecule has 0 atom stereocenters. The number of amides is 1. The summed E-state index contributed by atoms with van der Waals surface area (Å²) in [5, 5.41) is 20.7. The third-order valence-corrected chi connectivity index (χ3v) is 2.31. The van der Waals surface area contributed by atoms with Gasteiger partial charge >= 0.3 is 5.97 Å². The molecule has 0 aromatic heterocycles. The summed E-state index contributed by atoms with van der Waals surface area (Å²) in [6.07, 6.45) is -0.171. The number of ether oxygens (including phenoxy) is 1. The molecule has 0 spiro atoms. The Morgan fingerprint density at radius 2 is 2.06 bits per heavy atom. The van der Waals surface area contributed by atoms with Crippen molar-refractivity contribution in [3.05, 3.63) is 23.3 Å². The molecule has 18 heavy (non-hydrogen) atoms. The van der Waals surface area contributed by atoms with Crippen LogP contribution in [-0.4, -0.2) is 35.7 Å². The van der Waals surface area contributed by atoms with Crippen LogP contribution in [-0.2, 0) is 4.79 Å². The standard InChI is InChI=1S/C12H15NO5/c1-7-5-8(11(16)9(6-7)18-2)12(17)13-4-3-10(14)15/h5-6,16H,3-4H2,1-2H3,(H,13,17)(H,14,15). The first kappa shape index (κ1) is 13.8. The molecule has 0 fully saturated rings. The normalized spacial score (nSPS) is 9.89. The van der Waals surface area contributed by atoms with E-state index in [1.54, 1.807) is 13.0 Å². The lowest BCUT2D eigenvalue weighted by molar-refractivity contribution is -0.136. The molecule has 1 amide bonds. The number of aryl methyl sites for hydroxylation is 1. The number of carboxylic acid groups (broad SMARTS) is 1. The van der Waals surface area contributed by atoms with Crippen molar-refractivity contribution in [2.45, 2.75) is 13.3 Å². The molecule has 0 saturated heterocycles. The summed E-state index contributed by atoms with van der Waals surface area (Å²) in [6.45, 7) is 1.76. The van der Waals surface area contributed by atoms with Gasteiger partial charge in [0.25, 0.3) is 5.91 Å². The summed E-state index contributed by atoms with van der Waals surface area (Å²) >= 11 is 0. The minimum Gasteiger partial charge on any atom is -0.504 e. The van der Waals surface area contributed by atoms with E-state index in [1.807, 2.05) is 0 Å². The van der Waals surface area contributed by atoms with E-state index in [2.05, 4.69) is 5.32 Å². The highest BCUT2D eigenvalue weighted by Crippen LogP contribution is 2.31. The first-order valence-electron chi connectivity index (χ1n) is 5.33. The van der Waals surface area contributed by atoms with Gasteiger partial charge in [0, 0.05) is 6.54 Å². The Morgan fingerprint density at radius 3 is 2.61 bits per heavy atom. The summed E-state index contributed by atoms with van der Waals surface area (Å²) < 4.78 is 4.94. The highest BCUT2D eigenvalue weighted by Gasteiger charge is 2.15. The number of benzene rings is 1. The van der Waals surface area contributed by atoms with Crippen LogP contribution in [0.4, 0.5) is 0 Å². The molecule has 0 aliphatic carbocycles. The number of hydrogen-bond donors (Lipinski definition) is 3. The van der Waals surface area contributed by atoms with Gasteiger partial charge in [-0.25, -0.2) is 0 Å². The van der Waals surface area contributed by atoms with Crippen molar-refractivity contribution in [1.29, 1.82) is 0 Å². The number of rotatable bonds is 5. The topological polar surface area (TPSA) is 95.9 Å². The monoisotopic (exact) mass is 253 g/mol. The van der Waals surface area contributed by atoms with Gasteiger partial charge in [-0.3, -0.25) is 9.59 Å². The Morgan fingerprint density at radius 1 is 1.39 bits per heavy atom. The average Bonchev–Trinajstić information content (AvgIpc) is 2.30. The first-order chi connectivity index (χ1) is 8.45. The number of phenols is 1. The number of carbonyl (C=O) groups excluding carboxylic acids is 1. The van der Waals surface area contributed by atoms with E-state index in [-0.39, 0.29) is 30.0 Å². The molecule has 1 rings (SSSR count). The highest BCUT2D eigenvalue weighted by molar-refractivity contribution is 5.98. The fourth-order valence-corrected chi connectivity index (χ4v) is 1.45. The second-order valence-electron chi connectivity index (χ2n) is 3.76. The molecule has 6 nitrogen and oxygen atoms in total. The van der Waals surface area contributed by atoms with Crippen molar-refractivity contribution in [3.8, 4) is 11.5 Å². The summed E-state index contributed by atoms with van der Waals surface area (Å²) in [6, 6.07) is 3.11. The molecule has 0 saturated carbocycles. The number of phenolic OH excluding ortho intramolecular Hbond substituents is 1. The van der Waals surface area contributed by atoms with Crippen LogP contribution in [0.3, 0.4) is 0 Å². The number of hydrogen-bond acceptors (Lipinski definition) is 4. The smallest absolute Gasteiger partial charge is 0.305 e. The third kappa shape index (κ3) is 3.38. The molecule has 3 N–H and O–H groups in total. The van der Waals surface area contributed by atoms with Crippen LogP contribution < -0.4 is 10.1 Å². The minimum absolute atomic E-state index is 0.00383. The van der Waals surface area contributed by atoms with Gasteiger partial charge in [-0.15, -0.1) is 0 Å². The number of carboxylic acids is 1. The minimum atomic E-state index is -0.999. The van der Waals surface area contributed by atoms with Gasteiger partial charge in [-0.1, -0.05) is 0 Å². The van der Waals surface area contributed by atoms with Crippen LogP contribution in [0.2, 0.25) is 0 Å². The molecule has 0 aliphatic heterocycles. The predicted octanol–water partition coefficient (Wildman–Crippen LogP) is 0.914. The Kier molecular flexibility index (Phi) is 4.53. The quantitative estimate of drug-likeness (QED) is 0.725. The first-order valence-corrected chi connectivity index (χ1v) is 5.33. The second kappa shape index (κ2) is 5.90. The zero-order valence-corrected chi connectivity index (χ0v) is 10.2. The molecule has 1 aromatic carbocycles. The number of methoxy groups -OCH3 is 1. The van der Waals surface area contributed by atoms with Crippen LogP contribution >= 0.6 is 0 Å². The summed E-state index contributed by atoms with van der Waals surface area (Å²) in [4.78, 5) is 22.1. The maximum absolute atomic E-state index is 11.7. The van der Waals surface area contributed by atoms with E-state index in [1.165, 1.54) is 13.2 Å². The largest absolute Gasteiger partial charge is 0.504 e. The van der Waals surface area contributed by atoms with E-state index in [9.17, 15) is 14.7 Å². The molecule has 0 bridgehead atoms. The molecular weight excluding hydrogens is 238 g/mol. The molecule has 0 unspecified atom stereocenters. The summed E-state index contributed by atoms with van der Waals surface area (Å²) in [7, 11) is 1.39. The number of aliphatic carboxylic acids is 1. The molecule has 1 aromatic rings. The highest BCUT2D eigenvalue weighted by atomic mass is 16.5. The van der Waals surface area contributed by atoms with Crippen molar-refractivity contribution in [2.75, 3.05) is 13.7 Å². The third-order valence-electron chi connectivity index (χ3n) is 2.31. The lowest BCUT2D eigenvalue weighted by Crippen LogP contribution is -2.26. The number of aromatic hydroxyl groups is 1. The van der Waals surface area contributed by atoms with Gasteiger partial charge in [-0.2, -0.15) is 0 Å². The van der Waals surface area contributed by atoms with Gasteiger partial charge in [0.15, 0.2) is 11.5 Å². The Labute approximate surface area is 104 Å². The van der Waals surface area contributed by atoms with Crippen molar-refractivity contribution in [1.82, 2.24) is 5.32 Å². The van der Waals surface area contributed by atoms with Crippen LogP contribution in [0.1, 0.15) is 22.3 Å². The summed E-state index contributed by atoms with van der Waals surface area (Å²) in [5.74, 6) is -1.58. The van der Waals surface area contributed by atoms with Crippen LogP contribution in [0.25, 0.3) is 0 Å². The van der Waals surface area contributed by atoms with E-state index in [0.717, 1.165) is 5.56 Å². The molecular formula is C12H15NO5. The van der Waals surface area contributed by atoms with Crippen molar-refractivity contribution >= 4 is 11.9 Å². The molecule has 0 aliphatic rings. The maximum atomic E-state index is 11.7. The predicted molar refractivity (Wildman–Crippen MR) is 64.0 cm³/mol. The molecule has 0 heterocycles. The lowest BCUT2D eigenvalue weighted by atomic mass is 10.1. The van der Waals surface area contributed by atoms with E-state index < -0.39 is 11.9 Å². The Balaban J connectivity index is 2.85. The van der Waals surface area contributed by atoms with Crippen LogP contribution in [0.5, 0.6) is 11.5 Å². The van der Waals surface area contributed by atoms with Crippen molar-refractivity contribution < 1.29 is 24.5 Å². The Hall–Kier alpha value is -2.24. The SMILES string of the molecule is COc1cc(C)cc(C(=O)NCCC(=O)O)c1O. The number of carbonyl (C=O) groups is 2. The van der Waals surface area contributed by atoms with Crippen molar-refractivity contribution in [2.24, 2.45) is 0 Å². The van der Waals surface area contributed by atoms with E-state index in [0.29, 0.717) is 0 Å². The van der Waals surface area contributed by atoms with E-state index >= 15 is 0 Å². The van der Waals surface area contributed by atoms with E-state index in [4.69, 9.17) is 9.84 Å². The van der Waals surface area contributed by atoms with Gasteiger partial charge in [0.1, 0.15) is 0 Å². The molecule has 6 heteroatoms. The second-order valence-corrected chi connectivity index (χ2v) is 3.76. The maximum Gasteiger partial charge on any atom is 0.305 e. The fourth-order valence-electron chi connectivity index (χ4n) is 1.45. The van der Waals surface area contributed by atoms with Crippen LogP contribution in [0, 0.1) is 6.92 Å². The summed E-state index contributed by atoms with van der Waals surface area (Å²) in [5.41, 5.74) is 0.824. The Bertz CT molecular complexity index is 470. The zero-order chi connectivity index (χ0) is 13.7. The fraction of sp³-hybridized carbons (Fsp3) is 0.333. The number of nitrogens with one attached hydrogen (secondary N) is 1. The zero-order valence-electron chi connectivity index (χ0n) is 10.2. The van der Waals surface area contributed by atoms with Gasteiger partial charge in [0.05, 0.1) is 19.1 Å². The molecule has 0 radical (unpaired) electrons. The van der Waals surface area contributed by atoms with Crippen molar-refractivity contribution in [3.63, 3.8) is 0 Å². The van der Waals surface area contributed by atoms with Gasteiger partial charge < -0.3 is 20.3 Å².